The lowest BCUT2D eigenvalue weighted by molar-refractivity contribution is -0.136. The molecule has 102 valence electrons. The van der Waals surface area contributed by atoms with Gasteiger partial charge in [-0.05, 0) is 56.3 Å². The van der Waals surface area contributed by atoms with Crippen molar-refractivity contribution in [3.63, 3.8) is 0 Å². The maximum Gasteiger partial charge on any atom is 0.307 e. The minimum Gasteiger partial charge on any atom is -0.481 e. The number of aliphatic carboxylic acids is 1. The Hall–Kier alpha value is -1.32. The molecule has 0 unspecified atom stereocenters. The van der Waals surface area contributed by atoms with Gasteiger partial charge in [-0.1, -0.05) is 0 Å². The summed E-state index contributed by atoms with van der Waals surface area (Å²) in [5.41, 5.74) is 1.05. The van der Waals surface area contributed by atoms with Gasteiger partial charge in [-0.15, -0.1) is 0 Å². The van der Waals surface area contributed by atoms with Gasteiger partial charge in [0.15, 0.2) is 0 Å². The summed E-state index contributed by atoms with van der Waals surface area (Å²) in [7, 11) is 0. The summed E-state index contributed by atoms with van der Waals surface area (Å²) >= 11 is 0. The van der Waals surface area contributed by atoms with Gasteiger partial charge < -0.3 is 5.11 Å². The molecule has 1 aromatic rings. The normalized spacial score (nSPS) is 39.7. The maximum atomic E-state index is 10.8. The van der Waals surface area contributed by atoms with E-state index < -0.39 is 5.97 Å². The minimum absolute atomic E-state index is 0.0896. The monoisotopic (exact) mass is 260 g/mol. The van der Waals surface area contributed by atoms with Gasteiger partial charge in [0.25, 0.3) is 0 Å². The van der Waals surface area contributed by atoms with Gasteiger partial charge in [0.1, 0.15) is 0 Å². The molecule has 4 nitrogen and oxygen atoms in total. The van der Waals surface area contributed by atoms with Crippen molar-refractivity contribution in [3.8, 4) is 0 Å². The molecule has 4 saturated carbocycles. The van der Waals surface area contributed by atoms with Gasteiger partial charge in [-0.2, -0.15) is 5.10 Å². The molecular formula is C15H20N2O2. The number of rotatable bonds is 3. The standard InChI is InChI=1S/C15H20N2O2/c18-14(19)4-13-8-16-17(9-13)15-5-10-1-11(6-15)3-12(2-10)7-15/h8-12H,1-7H2,(H,18,19). The zero-order valence-electron chi connectivity index (χ0n) is 11.1. The van der Waals surface area contributed by atoms with E-state index in [1.54, 1.807) is 6.20 Å². The highest BCUT2D eigenvalue weighted by Crippen LogP contribution is 2.58. The fourth-order valence-corrected chi connectivity index (χ4v) is 5.23. The van der Waals surface area contributed by atoms with Crippen LogP contribution in [0.4, 0.5) is 0 Å². The largest absolute Gasteiger partial charge is 0.481 e. The molecule has 0 spiro atoms. The van der Waals surface area contributed by atoms with Gasteiger partial charge in [-0.25, -0.2) is 0 Å². The number of hydrogen-bond acceptors (Lipinski definition) is 2. The molecule has 4 bridgehead atoms. The van der Waals surface area contributed by atoms with Crippen LogP contribution in [0.5, 0.6) is 0 Å². The zero-order valence-corrected chi connectivity index (χ0v) is 11.1. The first kappa shape index (κ1) is 11.5. The summed E-state index contributed by atoms with van der Waals surface area (Å²) in [6.07, 6.45) is 11.8. The number of carboxylic acid groups (broad SMARTS) is 1. The Morgan fingerprint density at radius 3 is 2.37 bits per heavy atom. The Labute approximate surface area is 112 Å². The lowest BCUT2D eigenvalue weighted by Crippen LogP contribution is -2.52. The van der Waals surface area contributed by atoms with E-state index in [9.17, 15) is 4.79 Å². The summed E-state index contributed by atoms with van der Waals surface area (Å²) in [5.74, 6) is 1.89. The highest BCUT2D eigenvalue weighted by Gasteiger charge is 2.52. The summed E-state index contributed by atoms with van der Waals surface area (Å²) in [6, 6.07) is 0. The second-order valence-corrected chi connectivity index (χ2v) is 7.01. The summed E-state index contributed by atoms with van der Waals surface area (Å²) < 4.78 is 2.12. The SMILES string of the molecule is O=C(O)Cc1cnn(C23CC4CC(CC(C4)C2)C3)c1. The number of carboxylic acids is 1. The molecule has 0 saturated heterocycles. The van der Waals surface area contributed by atoms with Crippen molar-refractivity contribution in [1.29, 1.82) is 0 Å². The smallest absolute Gasteiger partial charge is 0.307 e. The Balaban J connectivity index is 1.64. The summed E-state index contributed by atoms with van der Waals surface area (Å²) in [6.45, 7) is 0. The number of aromatic nitrogens is 2. The van der Waals surface area contributed by atoms with Crippen molar-refractivity contribution in [1.82, 2.24) is 9.78 Å². The van der Waals surface area contributed by atoms with E-state index in [0.29, 0.717) is 0 Å². The van der Waals surface area contributed by atoms with Gasteiger partial charge in [0.05, 0.1) is 18.2 Å². The van der Waals surface area contributed by atoms with E-state index in [2.05, 4.69) is 9.78 Å². The topological polar surface area (TPSA) is 55.1 Å². The Bertz CT molecular complexity index is 485. The molecule has 5 rings (SSSR count). The average Bonchev–Trinajstić information content (AvgIpc) is 2.75. The van der Waals surface area contributed by atoms with Crippen molar-refractivity contribution in [3.05, 3.63) is 18.0 Å². The van der Waals surface area contributed by atoms with Crippen molar-refractivity contribution in [2.75, 3.05) is 0 Å². The van der Waals surface area contributed by atoms with Crippen LogP contribution >= 0.6 is 0 Å². The van der Waals surface area contributed by atoms with Crippen molar-refractivity contribution in [2.24, 2.45) is 17.8 Å². The van der Waals surface area contributed by atoms with Crippen LogP contribution in [0.2, 0.25) is 0 Å². The third-order valence-electron chi connectivity index (χ3n) is 5.48. The van der Waals surface area contributed by atoms with E-state index in [1.165, 1.54) is 38.5 Å². The molecule has 1 N–H and O–H groups in total. The van der Waals surface area contributed by atoms with E-state index in [-0.39, 0.29) is 12.0 Å². The Kier molecular flexibility index (Phi) is 2.32. The van der Waals surface area contributed by atoms with Crippen LogP contribution < -0.4 is 0 Å². The Morgan fingerprint density at radius 2 is 1.84 bits per heavy atom. The molecular weight excluding hydrogens is 240 g/mol. The van der Waals surface area contributed by atoms with Crippen LogP contribution in [0, 0.1) is 17.8 Å². The predicted molar refractivity (Wildman–Crippen MR) is 69.7 cm³/mol. The minimum atomic E-state index is -0.773. The lowest BCUT2D eigenvalue weighted by Gasteiger charge is -2.56. The highest BCUT2D eigenvalue weighted by molar-refractivity contribution is 5.69. The zero-order chi connectivity index (χ0) is 13.0. The van der Waals surface area contributed by atoms with Crippen LogP contribution in [0.25, 0.3) is 0 Å². The first-order chi connectivity index (χ1) is 9.13. The van der Waals surface area contributed by atoms with Gasteiger partial charge >= 0.3 is 5.97 Å². The van der Waals surface area contributed by atoms with Crippen LogP contribution in [-0.2, 0) is 16.8 Å². The van der Waals surface area contributed by atoms with Gasteiger partial charge in [-0.3, -0.25) is 9.48 Å². The van der Waals surface area contributed by atoms with Crippen LogP contribution in [0.15, 0.2) is 12.4 Å². The quantitative estimate of drug-likeness (QED) is 0.908. The molecule has 4 heteroatoms. The van der Waals surface area contributed by atoms with Crippen LogP contribution in [0.1, 0.15) is 44.1 Å². The second kappa shape index (κ2) is 3.84. The molecule has 4 aliphatic rings. The second-order valence-electron chi connectivity index (χ2n) is 7.01. The molecule has 19 heavy (non-hydrogen) atoms. The summed E-state index contributed by atoms with van der Waals surface area (Å²) in [5, 5.41) is 13.4. The molecule has 0 aliphatic heterocycles. The van der Waals surface area contributed by atoms with Crippen LogP contribution in [-0.4, -0.2) is 20.9 Å². The predicted octanol–water partition coefficient (Wildman–Crippen LogP) is 2.44. The van der Waals surface area contributed by atoms with E-state index in [0.717, 1.165) is 23.3 Å². The van der Waals surface area contributed by atoms with Crippen molar-refractivity contribution in [2.45, 2.75) is 50.5 Å². The molecule has 1 heterocycles. The molecule has 4 fully saturated rings. The molecule has 0 atom stereocenters. The Morgan fingerprint density at radius 1 is 1.26 bits per heavy atom. The molecule has 1 aromatic heterocycles. The first-order valence-electron chi connectivity index (χ1n) is 7.39. The molecule has 0 radical (unpaired) electrons. The van der Waals surface area contributed by atoms with Crippen molar-refractivity contribution >= 4 is 5.97 Å². The van der Waals surface area contributed by atoms with E-state index in [4.69, 9.17) is 5.11 Å². The molecule has 0 aromatic carbocycles. The van der Waals surface area contributed by atoms with Crippen molar-refractivity contribution < 1.29 is 9.90 Å². The molecule has 0 amide bonds. The van der Waals surface area contributed by atoms with Gasteiger partial charge in [0.2, 0.25) is 0 Å². The number of carbonyl (C=O) groups is 1. The fraction of sp³-hybridized carbons (Fsp3) is 0.733. The molecule has 4 aliphatic carbocycles. The third-order valence-corrected chi connectivity index (χ3v) is 5.48. The summed E-state index contributed by atoms with van der Waals surface area (Å²) in [4.78, 5) is 10.8. The number of hydrogen-bond donors (Lipinski definition) is 1. The van der Waals surface area contributed by atoms with Gasteiger partial charge in [0, 0.05) is 11.8 Å². The van der Waals surface area contributed by atoms with Crippen LogP contribution in [0.3, 0.4) is 0 Å². The highest BCUT2D eigenvalue weighted by atomic mass is 16.4. The van der Waals surface area contributed by atoms with E-state index >= 15 is 0 Å². The first-order valence-corrected chi connectivity index (χ1v) is 7.39. The third kappa shape index (κ3) is 1.80. The van der Waals surface area contributed by atoms with E-state index in [1.807, 2.05) is 6.20 Å². The lowest BCUT2D eigenvalue weighted by atomic mass is 9.53. The maximum absolute atomic E-state index is 10.8. The fourth-order valence-electron chi connectivity index (χ4n) is 5.23. The number of nitrogens with zero attached hydrogens (tertiary/aromatic N) is 2. The average molecular weight is 260 g/mol.